The van der Waals surface area contributed by atoms with Crippen molar-refractivity contribution in [1.29, 1.82) is 0 Å². The summed E-state index contributed by atoms with van der Waals surface area (Å²) >= 11 is 0. The molecule has 0 heterocycles. The van der Waals surface area contributed by atoms with Crippen molar-refractivity contribution in [2.45, 2.75) is 19.9 Å². The Kier molecular flexibility index (Phi) is 6.63. The maximum atomic E-state index is 12.7. The molecule has 5 nitrogen and oxygen atoms in total. The van der Waals surface area contributed by atoms with Crippen LogP contribution in [0.1, 0.15) is 46.2 Å². The topological polar surface area (TPSA) is 67.4 Å². The van der Waals surface area contributed by atoms with Crippen molar-refractivity contribution < 1.29 is 14.3 Å². The first-order valence-corrected chi connectivity index (χ1v) is 9.57. The molecule has 2 N–H and O–H groups in total. The molecule has 0 aliphatic heterocycles. The van der Waals surface area contributed by atoms with Crippen LogP contribution in [0.2, 0.25) is 0 Å². The minimum absolute atomic E-state index is 0.140. The molecular formula is C24H24N2O3. The number of hydrogen-bond donors (Lipinski definition) is 2. The SMILES string of the molecule is CCOc1ccccc1NC(=O)c1cccc(C(=O)NC(C)c2ccccc2)c1. The number of nitrogens with one attached hydrogen (secondary N) is 2. The lowest BCUT2D eigenvalue weighted by Gasteiger charge is -2.15. The number of anilines is 1. The number of carbonyl (C=O) groups excluding carboxylic acids is 2. The fourth-order valence-electron chi connectivity index (χ4n) is 2.95. The van der Waals surface area contributed by atoms with E-state index in [1.54, 1.807) is 36.4 Å². The molecule has 3 aromatic rings. The van der Waals surface area contributed by atoms with Crippen LogP contribution in [0.4, 0.5) is 5.69 Å². The van der Waals surface area contributed by atoms with E-state index in [1.165, 1.54) is 0 Å². The maximum Gasteiger partial charge on any atom is 0.255 e. The van der Waals surface area contributed by atoms with E-state index in [0.29, 0.717) is 29.2 Å². The van der Waals surface area contributed by atoms with E-state index in [9.17, 15) is 9.59 Å². The van der Waals surface area contributed by atoms with Gasteiger partial charge in [-0.25, -0.2) is 0 Å². The largest absolute Gasteiger partial charge is 0.492 e. The van der Waals surface area contributed by atoms with Gasteiger partial charge in [0.2, 0.25) is 0 Å². The van der Waals surface area contributed by atoms with E-state index in [2.05, 4.69) is 10.6 Å². The summed E-state index contributed by atoms with van der Waals surface area (Å²) < 4.78 is 5.54. The number of carbonyl (C=O) groups is 2. The molecule has 5 heteroatoms. The number of para-hydroxylation sites is 2. The molecule has 29 heavy (non-hydrogen) atoms. The molecule has 0 radical (unpaired) electrons. The minimum Gasteiger partial charge on any atom is -0.492 e. The van der Waals surface area contributed by atoms with Crippen molar-refractivity contribution in [3.8, 4) is 5.75 Å². The smallest absolute Gasteiger partial charge is 0.255 e. The summed E-state index contributed by atoms with van der Waals surface area (Å²) in [5, 5.41) is 5.81. The minimum atomic E-state index is -0.303. The van der Waals surface area contributed by atoms with Crippen LogP contribution in [0.25, 0.3) is 0 Å². The molecule has 3 aromatic carbocycles. The van der Waals surface area contributed by atoms with Gasteiger partial charge in [-0.05, 0) is 49.7 Å². The summed E-state index contributed by atoms with van der Waals surface area (Å²) in [6.07, 6.45) is 0. The highest BCUT2D eigenvalue weighted by molar-refractivity contribution is 6.06. The lowest BCUT2D eigenvalue weighted by molar-refractivity contribution is 0.0940. The van der Waals surface area contributed by atoms with Gasteiger partial charge in [-0.15, -0.1) is 0 Å². The normalized spacial score (nSPS) is 11.4. The van der Waals surface area contributed by atoms with Gasteiger partial charge >= 0.3 is 0 Å². The van der Waals surface area contributed by atoms with Crippen LogP contribution >= 0.6 is 0 Å². The molecule has 0 aromatic heterocycles. The van der Waals surface area contributed by atoms with Crippen LogP contribution in [0.5, 0.6) is 5.75 Å². The summed E-state index contributed by atoms with van der Waals surface area (Å²) in [5.74, 6) is 0.0718. The molecule has 0 aliphatic carbocycles. The summed E-state index contributed by atoms with van der Waals surface area (Å²) in [6, 6.07) is 23.5. The van der Waals surface area contributed by atoms with Crippen molar-refractivity contribution in [2.24, 2.45) is 0 Å². The van der Waals surface area contributed by atoms with E-state index >= 15 is 0 Å². The van der Waals surface area contributed by atoms with Gasteiger partial charge in [0, 0.05) is 11.1 Å². The second-order valence-corrected chi connectivity index (χ2v) is 6.57. The highest BCUT2D eigenvalue weighted by Gasteiger charge is 2.14. The highest BCUT2D eigenvalue weighted by atomic mass is 16.5. The summed E-state index contributed by atoms with van der Waals surface area (Å²) in [5.41, 5.74) is 2.43. The Balaban J connectivity index is 1.72. The quantitative estimate of drug-likeness (QED) is 0.609. The average molecular weight is 388 g/mol. The molecule has 0 aliphatic rings. The maximum absolute atomic E-state index is 12.7. The van der Waals surface area contributed by atoms with Gasteiger partial charge in [-0.2, -0.15) is 0 Å². The van der Waals surface area contributed by atoms with Gasteiger partial charge in [0.05, 0.1) is 18.3 Å². The Morgan fingerprint density at radius 1 is 0.862 bits per heavy atom. The first kappa shape index (κ1) is 20.1. The van der Waals surface area contributed by atoms with E-state index in [4.69, 9.17) is 4.74 Å². The lowest BCUT2D eigenvalue weighted by Crippen LogP contribution is -2.27. The van der Waals surface area contributed by atoms with Gasteiger partial charge in [0.15, 0.2) is 0 Å². The fourth-order valence-corrected chi connectivity index (χ4v) is 2.95. The Bertz CT molecular complexity index is 986. The van der Waals surface area contributed by atoms with E-state index in [-0.39, 0.29) is 17.9 Å². The van der Waals surface area contributed by atoms with E-state index in [0.717, 1.165) is 5.56 Å². The second kappa shape index (κ2) is 9.55. The van der Waals surface area contributed by atoms with E-state index in [1.807, 2.05) is 56.3 Å². The molecule has 0 spiro atoms. The van der Waals surface area contributed by atoms with Gasteiger partial charge in [0.25, 0.3) is 11.8 Å². The summed E-state index contributed by atoms with van der Waals surface area (Å²) in [7, 11) is 0. The van der Waals surface area contributed by atoms with Crippen molar-refractivity contribution >= 4 is 17.5 Å². The van der Waals surface area contributed by atoms with Crippen LogP contribution in [-0.2, 0) is 0 Å². The van der Waals surface area contributed by atoms with Gasteiger partial charge in [0.1, 0.15) is 5.75 Å². The second-order valence-electron chi connectivity index (χ2n) is 6.57. The number of rotatable bonds is 7. The first-order valence-electron chi connectivity index (χ1n) is 9.57. The lowest BCUT2D eigenvalue weighted by atomic mass is 10.1. The number of amides is 2. The predicted octanol–water partition coefficient (Wildman–Crippen LogP) is 4.83. The zero-order chi connectivity index (χ0) is 20.6. The molecule has 0 bridgehead atoms. The van der Waals surface area contributed by atoms with Crippen molar-refractivity contribution in [3.05, 3.63) is 95.6 Å². The molecule has 0 saturated heterocycles. The fraction of sp³-hybridized carbons (Fsp3) is 0.167. The van der Waals surface area contributed by atoms with Crippen LogP contribution in [-0.4, -0.2) is 18.4 Å². The Morgan fingerprint density at radius 3 is 2.24 bits per heavy atom. The summed E-state index contributed by atoms with van der Waals surface area (Å²) in [4.78, 5) is 25.3. The molecule has 0 saturated carbocycles. The van der Waals surface area contributed by atoms with Crippen molar-refractivity contribution in [2.75, 3.05) is 11.9 Å². The van der Waals surface area contributed by atoms with Gasteiger partial charge in [-0.3, -0.25) is 9.59 Å². The van der Waals surface area contributed by atoms with Crippen molar-refractivity contribution in [3.63, 3.8) is 0 Å². The van der Waals surface area contributed by atoms with Crippen LogP contribution in [0.15, 0.2) is 78.9 Å². The first-order chi connectivity index (χ1) is 14.1. The van der Waals surface area contributed by atoms with Crippen molar-refractivity contribution in [1.82, 2.24) is 5.32 Å². The molecule has 3 rings (SSSR count). The molecule has 1 unspecified atom stereocenters. The Hall–Kier alpha value is -3.60. The summed E-state index contributed by atoms with van der Waals surface area (Å²) in [6.45, 7) is 4.31. The van der Waals surface area contributed by atoms with E-state index < -0.39 is 0 Å². The van der Waals surface area contributed by atoms with Gasteiger partial charge < -0.3 is 15.4 Å². The number of hydrogen-bond acceptors (Lipinski definition) is 3. The third kappa shape index (κ3) is 5.23. The zero-order valence-corrected chi connectivity index (χ0v) is 16.5. The molecule has 148 valence electrons. The standard InChI is InChI=1S/C24H24N2O3/c1-3-29-22-15-8-7-14-21(22)26-24(28)20-13-9-12-19(16-20)23(27)25-17(2)18-10-5-4-6-11-18/h4-17H,3H2,1-2H3,(H,25,27)(H,26,28). The molecule has 1 atom stereocenters. The third-order valence-corrected chi connectivity index (χ3v) is 4.47. The third-order valence-electron chi connectivity index (χ3n) is 4.47. The van der Waals surface area contributed by atoms with Gasteiger partial charge in [-0.1, -0.05) is 48.5 Å². The zero-order valence-electron chi connectivity index (χ0n) is 16.5. The molecular weight excluding hydrogens is 364 g/mol. The predicted molar refractivity (Wildman–Crippen MR) is 114 cm³/mol. The van der Waals surface area contributed by atoms with Crippen LogP contribution in [0, 0.1) is 0 Å². The number of ether oxygens (including phenoxy) is 1. The Morgan fingerprint density at radius 2 is 1.52 bits per heavy atom. The molecule has 0 fully saturated rings. The average Bonchev–Trinajstić information content (AvgIpc) is 2.76. The number of benzene rings is 3. The monoisotopic (exact) mass is 388 g/mol. The van der Waals surface area contributed by atoms with Crippen LogP contribution < -0.4 is 15.4 Å². The molecule has 2 amide bonds. The highest BCUT2D eigenvalue weighted by Crippen LogP contribution is 2.24. The van der Waals surface area contributed by atoms with Crippen LogP contribution in [0.3, 0.4) is 0 Å². The Labute approximate surface area is 170 Å².